The zero-order chi connectivity index (χ0) is 18.5. The number of ether oxygens (including phenoxy) is 1. The Hall–Kier alpha value is -2.05. The highest BCUT2D eigenvalue weighted by Crippen LogP contribution is 2.34. The van der Waals surface area contributed by atoms with Crippen LogP contribution in [0, 0.1) is 5.92 Å². The first-order valence-electron chi connectivity index (χ1n) is 8.38. The predicted molar refractivity (Wildman–Crippen MR) is 100 cm³/mol. The number of hydrogen-bond acceptors (Lipinski definition) is 5. The Labute approximate surface area is 161 Å². The van der Waals surface area contributed by atoms with Gasteiger partial charge in [-0.3, -0.25) is 4.79 Å². The molecule has 0 bridgehead atoms. The van der Waals surface area contributed by atoms with Crippen LogP contribution in [0.3, 0.4) is 0 Å². The lowest BCUT2D eigenvalue weighted by molar-refractivity contribution is -0.125. The Bertz CT molecular complexity index is 811. The van der Waals surface area contributed by atoms with E-state index in [9.17, 15) is 9.59 Å². The SMILES string of the molecule is C[C@H](NC(=O)COC(=O)c1cccnc1Sc1ccccc1Cl)C1CC1. The van der Waals surface area contributed by atoms with E-state index in [2.05, 4.69) is 10.3 Å². The van der Waals surface area contributed by atoms with Crippen molar-refractivity contribution in [2.24, 2.45) is 5.92 Å². The molecule has 0 saturated heterocycles. The number of carbonyl (C=O) groups excluding carboxylic acids is 2. The van der Waals surface area contributed by atoms with Crippen molar-refractivity contribution in [3.8, 4) is 0 Å². The predicted octanol–water partition coefficient (Wildman–Crippen LogP) is 3.96. The van der Waals surface area contributed by atoms with E-state index in [-0.39, 0.29) is 18.6 Å². The third-order valence-corrected chi connectivity index (χ3v) is 5.62. The number of pyridine rings is 1. The van der Waals surface area contributed by atoms with Crippen molar-refractivity contribution in [2.45, 2.75) is 35.7 Å². The molecule has 1 aromatic carbocycles. The highest BCUT2D eigenvalue weighted by molar-refractivity contribution is 7.99. The molecule has 7 heteroatoms. The molecular formula is C19H19ClN2O3S. The smallest absolute Gasteiger partial charge is 0.341 e. The van der Waals surface area contributed by atoms with Gasteiger partial charge in [-0.2, -0.15) is 0 Å². The Kier molecular flexibility index (Phi) is 6.16. The average molecular weight is 391 g/mol. The summed E-state index contributed by atoms with van der Waals surface area (Å²) in [5.74, 6) is -0.324. The van der Waals surface area contributed by atoms with Crippen LogP contribution in [0.2, 0.25) is 5.02 Å². The quantitative estimate of drug-likeness (QED) is 0.725. The molecule has 2 aromatic rings. The second-order valence-corrected chi connectivity index (χ2v) is 7.60. The lowest BCUT2D eigenvalue weighted by Crippen LogP contribution is -2.37. The first kappa shape index (κ1) is 18.7. The van der Waals surface area contributed by atoms with Crippen molar-refractivity contribution < 1.29 is 14.3 Å². The fourth-order valence-electron chi connectivity index (χ4n) is 2.48. The Morgan fingerprint density at radius 1 is 1.31 bits per heavy atom. The summed E-state index contributed by atoms with van der Waals surface area (Å²) in [6.07, 6.45) is 3.87. The van der Waals surface area contributed by atoms with Gasteiger partial charge in [-0.1, -0.05) is 35.5 Å². The van der Waals surface area contributed by atoms with Crippen LogP contribution in [0.15, 0.2) is 52.5 Å². The van der Waals surface area contributed by atoms with Crippen molar-refractivity contribution in [3.05, 3.63) is 53.2 Å². The second kappa shape index (κ2) is 8.56. The van der Waals surface area contributed by atoms with E-state index in [1.54, 1.807) is 24.4 Å². The number of carbonyl (C=O) groups is 2. The molecule has 0 radical (unpaired) electrons. The summed E-state index contributed by atoms with van der Waals surface area (Å²) in [5, 5.41) is 3.92. The summed E-state index contributed by atoms with van der Waals surface area (Å²) < 4.78 is 5.16. The topological polar surface area (TPSA) is 68.3 Å². The van der Waals surface area contributed by atoms with Crippen LogP contribution in [0.4, 0.5) is 0 Å². The fourth-order valence-corrected chi connectivity index (χ4v) is 3.62. The molecule has 1 atom stereocenters. The van der Waals surface area contributed by atoms with E-state index < -0.39 is 5.97 Å². The lowest BCUT2D eigenvalue weighted by atomic mass is 10.2. The van der Waals surface area contributed by atoms with Crippen molar-refractivity contribution in [3.63, 3.8) is 0 Å². The van der Waals surface area contributed by atoms with Gasteiger partial charge in [0.25, 0.3) is 5.91 Å². The third-order valence-electron chi connectivity index (χ3n) is 4.09. The van der Waals surface area contributed by atoms with Crippen molar-refractivity contribution in [2.75, 3.05) is 6.61 Å². The van der Waals surface area contributed by atoms with Gasteiger partial charge in [0.05, 0.1) is 10.6 Å². The maximum atomic E-state index is 12.4. The van der Waals surface area contributed by atoms with Crippen LogP contribution in [0.1, 0.15) is 30.1 Å². The Balaban J connectivity index is 1.62. The number of nitrogens with one attached hydrogen (secondary N) is 1. The van der Waals surface area contributed by atoms with Crippen LogP contribution in [-0.2, 0) is 9.53 Å². The number of benzene rings is 1. The molecule has 1 saturated carbocycles. The molecule has 1 aliphatic rings. The van der Waals surface area contributed by atoms with E-state index in [0.717, 1.165) is 17.7 Å². The minimum atomic E-state index is -0.582. The van der Waals surface area contributed by atoms with E-state index in [0.29, 0.717) is 21.5 Å². The first-order chi connectivity index (χ1) is 12.5. The van der Waals surface area contributed by atoms with Crippen LogP contribution in [0.25, 0.3) is 0 Å². The standard InChI is InChI=1S/C19H19ClN2O3S/c1-12(13-8-9-13)22-17(23)11-25-19(24)14-5-4-10-21-18(14)26-16-7-3-2-6-15(16)20/h2-7,10,12-13H,8-9,11H2,1H3,(H,22,23)/t12-/m0/s1. The molecule has 1 aliphatic carbocycles. The van der Waals surface area contributed by atoms with Crippen molar-refractivity contribution >= 4 is 35.2 Å². The molecule has 26 heavy (non-hydrogen) atoms. The Morgan fingerprint density at radius 3 is 2.81 bits per heavy atom. The molecule has 136 valence electrons. The molecule has 0 spiro atoms. The van der Waals surface area contributed by atoms with Gasteiger partial charge in [0.15, 0.2) is 6.61 Å². The second-order valence-electron chi connectivity index (χ2n) is 6.16. The minimum Gasteiger partial charge on any atom is -0.452 e. The van der Waals surface area contributed by atoms with Gasteiger partial charge in [-0.25, -0.2) is 9.78 Å². The summed E-state index contributed by atoms with van der Waals surface area (Å²) in [5.41, 5.74) is 0.306. The van der Waals surface area contributed by atoms with E-state index >= 15 is 0 Å². The maximum absolute atomic E-state index is 12.4. The highest BCUT2D eigenvalue weighted by Gasteiger charge is 2.29. The molecule has 1 N–H and O–H groups in total. The number of esters is 1. The number of hydrogen-bond donors (Lipinski definition) is 1. The van der Waals surface area contributed by atoms with Gasteiger partial charge < -0.3 is 10.1 Å². The van der Waals surface area contributed by atoms with Crippen LogP contribution < -0.4 is 5.32 Å². The van der Waals surface area contributed by atoms with E-state index in [1.165, 1.54) is 11.8 Å². The van der Waals surface area contributed by atoms with Crippen LogP contribution in [-0.4, -0.2) is 29.5 Å². The highest BCUT2D eigenvalue weighted by atomic mass is 35.5. The van der Waals surface area contributed by atoms with Gasteiger partial charge in [-0.05, 0) is 49.9 Å². The summed E-state index contributed by atoms with van der Waals surface area (Å²) in [6, 6.07) is 10.7. The summed E-state index contributed by atoms with van der Waals surface area (Å²) in [7, 11) is 0. The van der Waals surface area contributed by atoms with Crippen LogP contribution in [0.5, 0.6) is 0 Å². The van der Waals surface area contributed by atoms with Gasteiger partial charge in [0.2, 0.25) is 0 Å². The zero-order valence-electron chi connectivity index (χ0n) is 14.3. The summed E-state index contributed by atoms with van der Waals surface area (Å²) >= 11 is 7.45. The summed E-state index contributed by atoms with van der Waals surface area (Å²) in [4.78, 5) is 29.3. The zero-order valence-corrected chi connectivity index (χ0v) is 15.8. The van der Waals surface area contributed by atoms with Gasteiger partial charge in [0, 0.05) is 17.1 Å². The largest absolute Gasteiger partial charge is 0.452 e. The number of amides is 1. The van der Waals surface area contributed by atoms with Gasteiger partial charge in [0.1, 0.15) is 5.03 Å². The molecule has 1 amide bonds. The lowest BCUT2D eigenvalue weighted by Gasteiger charge is -2.13. The minimum absolute atomic E-state index is 0.117. The summed E-state index contributed by atoms with van der Waals surface area (Å²) in [6.45, 7) is 1.66. The normalized spacial score (nSPS) is 14.5. The van der Waals surface area contributed by atoms with Crippen molar-refractivity contribution in [1.29, 1.82) is 0 Å². The molecule has 1 fully saturated rings. The number of nitrogens with zero attached hydrogens (tertiary/aromatic N) is 1. The first-order valence-corrected chi connectivity index (χ1v) is 9.58. The van der Waals surface area contributed by atoms with E-state index in [1.807, 2.05) is 25.1 Å². The molecule has 1 heterocycles. The Morgan fingerprint density at radius 2 is 2.08 bits per heavy atom. The monoisotopic (exact) mass is 390 g/mol. The molecule has 3 rings (SSSR count). The molecule has 0 aliphatic heterocycles. The number of rotatable bonds is 7. The van der Waals surface area contributed by atoms with Crippen molar-refractivity contribution in [1.82, 2.24) is 10.3 Å². The number of halogens is 1. The fraction of sp³-hybridized carbons (Fsp3) is 0.316. The molecule has 5 nitrogen and oxygen atoms in total. The molecule has 0 unspecified atom stereocenters. The van der Waals surface area contributed by atoms with Gasteiger partial charge >= 0.3 is 5.97 Å². The average Bonchev–Trinajstić information content (AvgIpc) is 3.47. The van der Waals surface area contributed by atoms with Gasteiger partial charge in [-0.15, -0.1) is 0 Å². The molecule has 1 aromatic heterocycles. The third kappa shape index (κ3) is 4.99. The maximum Gasteiger partial charge on any atom is 0.341 e. The number of aromatic nitrogens is 1. The molecular weight excluding hydrogens is 372 g/mol. The van der Waals surface area contributed by atoms with Crippen LogP contribution >= 0.6 is 23.4 Å². The van der Waals surface area contributed by atoms with E-state index in [4.69, 9.17) is 16.3 Å².